The third kappa shape index (κ3) is 7.68. The van der Waals surface area contributed by atoms with Gasteiger partial charge in [0.25, 0.3) is 0 Å². The quantitative estimate of drug-likeness (QED) is 0.452. The van der Waals surface area contributed by atoms with Crippen LogP contribution in [0.5, 0.6) is 5.75 Å². The largest absolute Gasteiger partial charge is 0.487 e. The summed E-state index contributed by atoms with van der Waals surface area (Å²) in [6.07, 6.45) is 2.04. The van der Waals surface area contributed by atoms with Crippen LogP contribution in [-0.2, 0) is 10.0 Å². The number of hydrogen-bond donors (Lipinski definition) is 2. The van der Waals surface area contributed by atoms with E-state index in [1.165, 1.54) is 0 Å². The predicted octanol–water partition coefficient (Wildman–Crippen LogP) is 2.87. The number of para-hydroxylation sites is 1. The molecule has 1 fully saturated rings. The SMILES string of the molecule is CCCS(=O)(=O)N1CCC(NC(=NCC(C)Oc2ccccc2Cl)NCC)CC1. The molecule has 2 rings (SSSR count). The zero-order chi connectivity index (χ0) is 21.3. The highest BCUT2D eigenvalue weighted by Gasteiger charge is 2.27. The summed E-state index contributed by atoms with van der Waals surface area (Å²) in [4.78, 5) is 4.63. The van der Waals surface area contributed by atoms with E-state index >= 15 is 0 Å². The molecule has 0 amide bonds. The van der Waals surface area contributed by atoms with Gasteiger partial charge in [-0.15, -0.1) is 0 Å². The van der Waals surface area contributed by atoms with Crippen molar-refractivity contribution in [1.29, 1.82) is 0 Å². The van der Waals surface area contributed by atoms with Crippen LogP contribution in [0.25, 0.3) is 0 Å². The van der Waals surface area contributed by atoms with Crippen LogP contribution in [0.4, 0.5) is 0 Å². The molecule has 1 saturated heterocycles. The van der Waals surface area contributed by atoms with Crippen LogP contribution in [-0.4, -0.2) is 62.8 Å². The Labute approximate surface area is 179 Å². The first-order valence-corrected chi connectivity index (χ1v) is 12.3. The minimum atomic E-state index is -3.12. The summed E-state index contributed by atoms with van der Waals surface area (Å²) >= 11 is 6.14. The predicted molar refractivity (Wildman–Crippen MR) is 119 cm³/mol. The normalized spacial score (nSPS) is 17.7. The van der Waals surface area contributed by atoms with Crippen molar-refractivity contribution < 1.29 is 13.2 Å². The van der Waals surface area contributed by atoms with E-state index < -0.39 is 10.0 Å². The fourth-order valence-corrected chi connectivity index (χ4v) is 4.91. The molecule has 9 heteroatoms. The smallest absolute Gasteiger partial charge is 0.214 e. The van der Waals surface area contributed by atoms with Crippen molar-refractivity contribution in [2.75, 3.05) is 31.9 Å². The van der Waals surface area contributed by atoms with E-state index in [1.807, 2.05) is 39.0 Å². The Bertz CT molecular complexity index is 765. The van der Waals surface area contributed by atoms with Gasteiger partial charge in [0.2, 0.25) is 10.0 Å². The average molecular weight is 445 g/mol. The number of sulfonamides is 1. The van der Waals surface area contributed by atoms with E-state index in [4.69, 9.17) is 16.3 Å². The van der Waals surface area contributed by atoms with E-state index in [9.17, 15) is 8.42 Å². The number of rotatable bonds is 9. The molecule has 164 valence electrons. The molecule has 1 aromatic carbocycles. The van der Waals surface area contributed by atoms with Gasteiger partial charge in [0.1, 0.15) is 11.9 Å². The van der Waals surface area contributed by atoms with E-state index in [0.29, 0.717) is 36.8 Å². The van der Waals surface area contributed by atoms with E-state index in [1.54, 1.807) is 10.4 Å². The molecule has 1 aromatic rings. The zero-order valence-corrected chi connectivity index (χ0v) is 19.1. The first-order chi connectivity index (χ1) is 13.9. The molecule has 1 atom stereocenters. The third-order valence-electron chi connectivity index (χ3n) is 4.67. The zero-order valence-electron chi connectivity index (χ0n) is 17.5. The summed E-state index contributed by atoms with van der Waals surface area (Å²) in [6.45, 7) is 8.17. The molecule has 0 radical (unpaired) electrons. The van der Waals surface area contributed by atoms with Gasteiger partial charge < -0.3 is 15.4 Å². The number of aliphatic imine (C=N–C) groups is 1. The number of piperidine rings is 1. The van der Waals surface area contributed by atoms with Crippen molar-refractivity contribution in [3.05, 3.63) is 29.3 Å². The standard InChI is InChI=1S/C20H33ClN4O3S/c1-4-14-29(26,27)25-12-10-17(11-13-25)24-20(22-5-2)23-15-16(3)28-19-9-7-6-8-18(19)21/h6-9,16-17H,4-5,10-15H2,1-3H3,(H2,22,23,24). The Morgan fingerprint density at radius 1 is 1.31 bits per heavy atom. The molecule has 2 N–H and O–H groups in total. The first kappa shape index (κ1) is 23.8. The topological polar surface area (TPSA) is 83.0 Å². The summed E-state index contributed by atoms with van der Waals surface area (Å²) < 4.78 is 31.9. The van der Waals surface area contributed by atoms with Crippen LogP contribution < -0.4 is 15.4 Å². The molecule has 0 aliphatic carbocycles. The fraction of sp³-hybridized carbons (Fsp3) is 0.650. The second kappa shape index (κ2) is 11.6. The highest BCUT2D eigenvalue weighted by atomic mass is 35.5. The second-order valence-electron chi connectivity index (χ2n) is 7.21. The lowest BCUT2D eigenvalue weighted by Gasteiger charge is -2.32. The van der Waals surface area contributed by atoms with Gasteiger partial charge >= 0.3 is 0 Å². The molecule has 0 saturated carbocycles. The number of nitrogens with one attached hydrogen (secondary N) is 2. The highest BCUT2D eigenvalue weighted by molar-refractivity contribution is 7.89. The van der Waals surface area contributed by atoms with Crippen molar-refractivity contribution >= 4 is 27.6 Å². The van der Waals surface area contributed by atoms with Crippen molar-refractivity contribution in [1.82, 2.24) is 14.9 Å². The van der Waals surface area contributed by atoms with Gasteiger partial charge in [-0.1, -0.05) is 30.7 Å². The van der Waals surface area contributed by atoms with Gasteiger partial charge in [-0.25, -0.2) is 17.7 Å². The molecule has 1 aliphatic heterocycles. The molecule has 1 unspecified atom stereocenters. The van der Waals surface area contributed by atoms with Gasteiger partial charge in [-0.2, -0.15) is 0 Å². The Kier molecular flexibility index (Phi) is 9.52. The summed E-state index contributed by atoms with van der Waals surface area (Å²) in [5, 5.41) is 7.26. The lowest BCUT2D eigenvalue weighted by Crippen LogP contribution is -2.50. The molecule has 0 spiro atoms. The number of ether oxygens (including phenoxy) is 1. The molecule has 0 bridgehead atoms. The number of halogens is 1. The summed E-state index contributed by atoms with van der Waals surface area (Å²) in [7, 11) is -3.12. The van der Waals surface area contributed by atoms with Gasteiger partial charge in [0.05, 0.1) is 17.3 Å². The van der Waals surface area contributed by atoms with E-state index in [2.05, 4.69) is 15.6 Å². The van der Waals surface area contributed by atoms with Crippen molar-refractivity contribution in [3.8, 4) is 5.75 Å². The molecule has 29 heavy (non-hydrogen) atoms. The number of nitrogens with zero attached hydrogens (tertiary/aromatic N) is 2. The van der Waals surface area contributed by atoms with E-state index in [-0.39, 0.29) is 17.9 Å². The monoisotopic (exact) mass is 444 g/mol. The first-order valence-electron chi connectivity index (χ1n) is 10.3. The number of benzene rings is 1. The maximum Gasteiger partial charge on any atom is 0.214 e. The highest BCUT2D eigenvalue weighted by Crippen LogP contribution is 2.24. The molecular formula is C20H33ClN4O3S. The summed E-state index contributed by atoms with van der Waals surface area (Å²) in [5.41, 5.74) is 0. The average Bonchev–Trinajstić information content (AvgIpc) is 2.68. The van der Waals surface area contributed by atoms with Crippen LogP contribution in [0.15, 0.2) is 29.3 Å². The van der Waals surface area contributed by atoms with Gasteiger partial charge in [0, 0.05) is 25.7 Å². The van der Waals surface area contributed by atoms with Crippen LogP contribution in [0.1, 0.15) is 40.0 Å². The van der Waals surface area contributed by atoms with Crippen molar-refractivity contribution in [2.45, 2.75) is 52.2 Å². The molecular weight excluding hydrogens is 412 g/mol. The molecule has 1 heterocycles. The Morgan fingerprint density at radius 2 is 2.00 bits per heavy atom. The van der Waals surface area contributed by atoms with Crippen LogP contribution in [0.3, 0.4) is 0 Å². The minimum absolute atomic E-state index is 0.133. The van der Waals surface area contributed by atoms with Gasteiger partial charge in [0.15, 0.2) is 5.96 Å². The van der Waals surface area contributed by atoms with Gasteiger partial charge in [-0.3, -0.25) is 0 Å². The van der Waals surface area contributed by atoms with Gasteiger partial charge in [-0.05, 0) is 45.2 Å². The molecule has 0 aromatic heterocycles. The lowest BCUT2D eigenvalue weighted by molar-refractivity contribution is 0.230. The Hall–Kier alpha value is -1.51. The minimum Gasteiger partial charge on any atom is -0.487 e. The van der Waals surface area contributed by atoms with Crippen molar-refractivity contribution in [3.63, 3.8) is 0 Å². The second-order valence-corrected chi connectivity index (χ2v) is 9.71. The summed E-state index contributed by atoms with van der Waals surface area (Å²) in [5.74, 6) is 1.59. The third-order valence-corrected chi connectivity index (χ3v) is 7.05. The Balaban J connectivity index is 1.87. The molecule has 1 aliphatic rings. The van der Waals surface area contributed by atoms with Crippen LogP contribution >= 0.6 is 11.6 Å². The van der Waals surface area contributed by atoms with Crippen LogP contribution in [0.2, 0.25) is 5.02 Å². The summed E-state index contributed by atoms with van der Waals surface area (Å²) in [6, 6.07) is 7.58. The number of guanidine groups is 1. The van der Waals surface area contributed by atoms with E-state index in [0.717, 1.165) is 25.3 Å². The molecule has 7 nitrogen and oxygen atoms in total. The number of hydrogen-bond acceptors (Lipinski definition) is 4. The van der Waals surface area contributed by atoms with Crippen LogP contribution in [0, 0.1) is 0 Å². The maximum absolute atomic E-state index is 12.2. The maximum atomic E-state index is 12.2. The van der Waals surface area contributed by atoms with Crippen molar-refractivity contribution in [2.24, 2.45) is 4.99 Å². The Morgan fingerprint density at radius 3 is 2.62 bits per heavy atom. The lowest BCUT2D eigenvalue weighted by atomic mass is 10.1. The fourth-order valence-electron chi connectivity index (χ4n) is 3.19.